The van der Waals surface area contributed by atoms with E-state index >= 15 is 0 Å². The van der Waals surface area contributed by atoms with Gasteiger partial charge in [-0.25, -0.2) is 0 Å². The van der Waals surface area contributed by atoms with Crippen LogP contribution in [0.25, 0.3) is 0 Å². The third-order valence-corrected chi connectivity index (χ3v) is 6.07. The second kappa shape index (κ2) is 12.4. The van der Waals surface area contributed by atoms with Crippen molar-refractivity contribution in [2.45, 2.75) is 62.9 Å². The van der Waals surface area contributed by atoms with E-state index in [-0.39, 0.29) is 36.8 Å². The number of nitrogens with two attached hydrogens (primary N) is 1. The van der Waals surface area contributed by atoms with Gasteiger partial charge in [-0.1, -0.05) is 12.1 Å². The molecule has 1 aliphatic heterocycles. The van der Waals surface area contributed by atoms with Gasteiger partial charge in [0.25, 0.3) is 5.91 Å². The predicted molar refractivity (Wildman–Crippen MR) is 119 cm³/mol. The number of carbonyl (C=O) groups is 2. The summed E-state index contributed by atoms with van der Waals surface area (Å²) in [6.45, 7) is 2.12. The van der Waals surface area contributed by atoms with E-state index < -0.39 is 12.0 Å². The lowest BCUT2D eigenvalue weighted by Gasteiger charge is -2.30. The van der Waals surface area contributed by atoms with Gasteiger partial charge >= 0.3 is 5.97 Å². The first-order valence-electron chi connectivity index (χ1n) is 10.1. The number of halogens is 2. The van der Waals surface area contributed by atoms with E-state index in [0.717, 1.165) is 51.6 Å². The van der Waals surface area contributed by atoms with Gasteiger partial charge in [-0.2, -0.15) is 0 Å². The number of piperidine rings is 1. The Morgan fingerprint density at radius 2 is 1.62 bits per heavy atom. The van der Waals surface area contributed by atoms with Crippen molar-refractivity contribution in [2.24, 2.45) is 11.7 Å². The molecular weight excluding hydrogens is 413 g/mol. The Kier molecular flexibility index (Phi) is 11.0. The molecule has 1 heterocycles. The molecule has 164 valence electrons. The lowest BCUT2D eigenvalue weighted by Crippen LogP contribution is -2.39. The molecule has 0 bridgehead atoms. The Labute approximate surface area is 185 Å². The lowest BCUT2D eigenvalue weighted by atomic mass is 9.82. The number of rotatable bonds is 6. The molecule has 1 saturated carbocycles. The molecule has 5 N–H and O–H groups in total. The maximum Gasteiger partial charge on any atom is 0.320 e. The van der Waals surface area contributed by atoms with Crippen molar-refractivity contribution in [3.05, 3.63) is 35.4 Å². The number of hydrogen-bond donors (Lipinski definition) is 4. The SMILES string of the molecule is Cl.Cl.NC(C[C@H]1CC[C@H](NC(=O)c2ccc(C3CCNCC3)cc2)CC1)C(=O)O. The number of benzene rings is 1. The van der Waals surface area contributed by atoms with Crippen molar-refractivity contribution < 1.29 is 14.7 Å². The van der Waals surface area contributed by atoms with Crippen LogP contribution in [0.15, 0.2) is 24.3 Å². The fourth-order valence-electron chi connectivity index (χ4n) is 4.33. The van der Waals surface area contributed by atoms with Crippen LogP contribution in [-0.4, -0.2) is 42.2 Å². The number of aliphatic carboxylic acids is 1. The highest BCUT2D eigenvalue weighted by Crippen LogP contribution is 2.28. The van der Waals surface area contributed by atoms with Gasteiger partial charge in [-0.3, -0.25) is 9.59 Å². The number of carboxylic acid groups (broad SMARTS) is 1. The summed E-state index contributed by atoms with van der Waals surface area (Å²) in [5.41, 5.74) is 7.67. The van der Waals surface area contributed by atoms with Gasteiger partial charge < -0.3 is 21.5 Å². The highest BCUT2D eigenvalue weighted by Gasteiger charge is 2.26. The van der Waals surface area contributed by atoms with E-state index in [9.17, 15) is 9.59 Å². The Hall–Kier alpha value is -1.34. The zero-order chi connectivity index (χ0) is 19.2. The number of hydrogen-bond acceptors (Lipinski definition) is 4. The third-order valence-electron chi connectivity index (χ3n) is 6.07. The fraction of sp³-hybridized carbons (Fsp3) is 0.619. The van der Waals surface area contributed by atoms with Crippen LogP contribution in [0.4, 0.5) is 0 Å². The highest BCUT2D eigenvalue weighted by atomic mass is 35.5. The minimum atomic E-state index is -0.932. The van der Waals surface area contributed by atoms with Crippen LogP contribution < -0.4 is 16.4 Å². The van der Waals surface area contributed by atoms with E-state index in [1.807, 2.05) is 12.1 Å². The molecule has 29 heavy (non-hydrogen) atoms. The highest BCUT2D eigenvalue weighted by molar-refractivity contribution is 5.94. The zero-order valence-electron chi connectivity index (χ0n) is 16.6. The zero-order valence-corrected chi connectivity index (χ0v) is 18.3. The third kappa shape index (κ3) is 7.45. The van der Waals surface area contributed by atoms with Crippen LogP contribution in [0, 0.1) is 5.92 Å². The maximum atomic E-state index is 12.5. The Balaban J connectivity index is 0.00000210. The number of carbonyl (C=O) groups excluding carboxylic acids is 1. The molecule has 2 fully saturated rings. The van der Waals surface area contributed by atoms with Crippen molar-refractivity contribution in [2.75, 3.05) is 13.1 Å². The molecule has 1 aliphatic carbocycles. The Bertz CT molecular complexity index is 643. The van der Waals surface area contributed by atoms with Crippen LogP contribution in [-0.2, 0) is 4.79 Å². The van der Waals surface area contributed by atoms with Crippen molar-refractivity contribution in [3.8, 4) is 0 Å². The smallest absolute Gasteiger partial charge is 0.320 e. The summed E-state index contributed by atoms with van der Waals surface area (Å²) in [7, 11) is 0. The van der Waals surface area contributed by atoms with Gasteiger partial charge in [0, 0.05) is 11.6 Å². The maximum absolute atomic E-state index is 12.5. The molecular formula is C21H33Cl2N3O3. The fourth-order valence-corrected chi connectivity index (χ4v) is 4.33. The van der Waals surface area contributed by atoms with Gasteiger partial charge in [0.15, 0.2) is 0 Å². The van der Waals surface area contributed by atoms with Crippen LogP contribution in [0.1, 0.15) is 66.8 Å². The Morgan fingerprint density at radius 1 is 1.03 bits per heavy atom. The summed E-state index contributed by atoms with van der Waals surface area (Å²) in [5, 5.41) is 15.4. The molecule has 0 spiro atoms. The first-order valence-corrected chi connectivity index (χ1v) is 10.1. The number of amides is 1. The van der Waals surface area contributed by atoms with E-state index in [0.29, 0.717) is 23.8 Å². The summed E-state index contributed by atoms with van der Waals surface area (Å²) in [6.07, 6.45) is 6.43. The summed E-state index contributed by atoms with van der Waals surface area (Å²) in [6, 6.07) is 7.44. The molecule has 1 atom stereocenters. The minimum Gasteiger partial charge on any atom is -0.480 e. The molecule has 1 aromatic carbocycles. The van der Waals surface area contributed by atoms with Gasteiger partial charge in [0.1, 0.15) is 6.04 Å². The molecule has 2 aliphatic rings. The van der Waals surface area contributed by atoms with E-state index in [1.165, 1.54) is 5.56 Å². The molecule has 1 saturated heterocycles. The largest absolute Gasteiger partial charge is 0.480 e. The van der Waals surface area contributed by atoms with E-state index in [2.05, 4.69) is 22.8 Å². The normalized spacial score (nSPS) is 23.2. The van der Waals surface area contributed by atoms with Crippen LogP contribution in [0.3, 0.4) is 0 Å². The van der Waals surface area contributed by atoms with Crippen molar-refractivity contribution >= 4 is 36.7 Å². The monoisotopic (exact) mass is 445 g/mol. The second-order valence-corrected chi connectivity index (χ2v) is 8.02. The second-order valence-electron chi connectivity index (χ2n) is 8.02. The van der Waals surface area contributed by atoms with E-state index in [4.69, 9.17) is 10.8 Å². The number of carboxylic acids is 1. The van der Waals surface area contributed by atoms with Gasteiger partial charge in [-0.05, 0) is 87.6 Å². The molecule has 3 rings (SSSR count). The summed E-state index contributed by atoms with van der Waals surface area (Å²) in [5.74, 6) is -0.0137. The molecule has 1 amide bonds. The Morgan fingerprint density at radius 3 is 2.17 bits per heavy atom. The first-order chi connectivity index (χ1) is 13.0. The summed E-state index contributed by atoms with van der Waals surface area (Å²) in [4.78, 5) is 23.4. The minimum absolute atomic E-state index is 0. The average Bonchev–Trinajstić information content (AvgIpc) is 2.70. The summed E-state index contributed by atoms with van der Waals surface area (Å²) >= 11 is 0. The van der Waals surface area contributed by atoms with Crippen molar-refractivity contribution in [1.82, 2.24) is 10.6 Å². The molecule has 1 unspecified atom stereocenters. The molecule has 1 aromatic rings. The number of nitrogens with one attached hydrogen (secondary N) is 2. The van der Waals surface area contributed by atoms with Crippen LogP contribution >= 0.6 is 24.8 Å². The average molecular weight is 446 g/mol. The lowest BCUT2D eigenvalue weighted by molar-refractivity contribution is -0.139. The van der Waals surface area contributed by atoms with Gasteiger partial charge in [-0.15, -0.1) is 24.8 Å². The summed E-state index contributed by atoms with van der Waals surface area (Å²) < 4.78 is 0. The molecule has 8 heteroatoms. The predicted octanol–water partition coefficient (Wildman–Crippen LogP) is 3.09. The van der Waals surface area contributed by atoms with Crippen molar-refractivity contribution in [1.29, 1.82) is 0 Å². The van der Waals surface area contributed by atoms with Gasteiger partial charge in [0.05, 0.1) is 0 Å². The van der Waals surface area contributed by atoms with E-state index in [1.54, 1.807) is 0 Å². The topological polar surface area (TPSA) is 104 Å². The molecule has 0 aromatic heterocycles. The quantitative estimate of drug-likeness (QED) is 0.538. The first kappa shape index (κ1) is 25.7. The standard InChI is InChI=1S/C21H31N3O3.2ClH/c22-19(21(26)27)13-14-1-7-18(8-2-14)24-20(25)17-5-3-15(4-6-17)16-9-11-23-12-10-16;;/h3-6,14,16,18-19,23H,1-2,7-13,22H2,(H,24,25)(H,26,27);2*1H/t14-,18-,19?;;. The van der Waals surface area contributed by atoms with Crippen molar-refractivity contribution in [3.63, 3.8) is 0 Å². The molecule has 0 radical (unpaired) electrons. The van der Waals surface area contributed by atoms with Gasteiger partial charge in [0.2, 0.25) is 0 Å². The molecule has 6 nitrogen and oxygen atoms in total. The van der Waals surface area contributed by atoms with Crippen LogP contribution in [0.5, 0.6) is 0 Å². The van der Waals surface area contributed by atoms with Crippen LogP contribution in [0.2, 0.25) is 0 Å².